The summed E-state index contributed by atoms with van der Waals surface area (Å²) in [6.07, 6.45) is 0. The lowest BCUT2D eigenvalue weighted by molar-refractivity contribution is 0.102. The van der Waals surface area contributed by atoms with Gasteiger partial charge in [0, 0.05) is 10.0 Å². The van der Waals surface area contributed by atoms with Crippen LogP contribution in [0.3, 0.4) is 0 Å². The summed E-state index contributed by atoms with van der Waals surface area (Å²) < 4.78 is 13.8. The second-order valence-corrected chi connectivity index (χ2v) is 6.98. The quantitative estimate of drug-likeness (QED) is 0.504. The molecule has 0 saturated heterocycles. The molecule has 0 radical (unpaired) electrons. The molecule has 0 atom stereocenters. The summed E-state index contributed by atoms with van der Waals surface area (Å²) in [5.41, 5.74) is 0.440. The van der Waals surface area contributed by atoms with Crippen LogP contribution in [0.25, 0.3) is 0 Å². The van der Waals surface area contributed by atoms with Gasteiger partial charge in [-0.3, -0.25) is 9.59 Å². The summed E-state index contributed by atoms with van der Waals surface area (Å²) in [5.74, 6) is -1.76. The van der Waals surface area contributed by atoms with E-state index in [1.165, 1.54) is 54.6 Å². The summed E-state index contributed by atoms with van der Waals surface area (Å²) in [6.45, 7) is 0. The fraction of sp³-hybridized carbons (Fsp3) is 0. The molecule has 4 nitrogen and oxygen atoms in total. The Morgan fingerprint density at radius 3 is 2.04 bits per heavy atom. The SMILES string of the molecule is O=C(Nc1ccc(Cl)cc1C(=O)Nc1ccccc1F)c1ccc(Cl)cc1Cl. The van der Waals surface area contributed by atoms with Crippen LogP contribution in [0.2, 0.25) is 15.1 Å². The van der Waals surface area contributed by atoms with Gasteiger partial charge in [0.2, 0.25) is 0 Å². The van der Waals surface area contributed by atoms with Crippen molar-refractivity contribution in [1.29, 1.82) is 0 Å². The lowest BCUT2D eigenvalue weighted by Crippen LogP contribution is -2.19. The highest BCUT2D eigenvalue weighted by molar-refractivity contribution is 6.37. The van der Waals surface area contributed by atoms with Gasteiger partial charge in [-0.05, 0) is 48.5 Å². The third-order valence-electron chi connectivity index (χ3n) is 3.77. The molecule has 2 amide bonds. The standard InChI is InChI=1S/C20H12Cl3FN2O2/c21-11-6-8-17(25-19(27)13-7-5-12(22)10-15(13)23)14(9-11)20(28)26-18-4-2-1-3-16(18)24/h1-10H,(H,25,27)(H,26,28). The van der Waals surface area contributed by atoms with Crippen molar-refractivity contribution in [2.75, 3.05) is 10.6 Å². The Balaban J connectivity index is 1.89. The molecule has 0 aliphatic carbocycles. The normalized spacial score (nSPS) is 10.4. The highest BCUT2D eigenvalue weighted by atomic mass is 35.5. The Labute approximate surface area is 175 Å². The predicted octanol–water partition coefficient (Wildman–Crippen LogP) is 6.29. The zero-order chi connectivity index (χ0) is 20.3. The number of nitrogens with one attached hydrogen (secondary N) is 2. The van der Waals surface area contributed by atoms with Crippen LogP contribution < -0.4 is 10.6 Å². The predicted molar refractivity (Wildman–Crippen MR) is 110 cm³/mol. The van der Waals surface area contributed by atoms with Crippen molar-refractivity contribution in [2.45, 2.75) is 0 Å². The summed E-state index contributed by atoms with van der Waals surface area (Å²) in [5, 5.41) is 5.90. The molecule has 2 N–H and O–H groups in total. The summed E-state index contributed by atoms with van der Waals surface area (Å²) in [4.78, 5) is 25.2. The van der Waals surface area contributed by atoms with Crippen LogP contribution >= 0.6 is 34.8 Å². The lowest BCUT2D eigenvalue weighted by Gasteiger charge is -2.13. The van der Waals surface area contributed by atoms with Crippen LogP contribution in [0, 0.1) is 5.82 Å². The largest absolute Gasteiger partial charge is 0.321 e. The van der Waals surface area contributed by atoms with Crippen LogP contribution in [0.1, 0.15) is 20.7 Å². The minimum absolute atomic E-state index is 0.00509. The van der Waals surface area contributed by atoms with Crippen molar-refractivity contribution in [3.63, 3.8) is 0 Å². The monoisotopic (exact) mass is 436 g/mol. The number of rotatable bonds is 4. The molecule has 142 valence electrons. The smallest absolute Gasteiger partial charge is 0.257 e. The third-order valence-corrected chi connectivity index (χ3v) is 4.56. The Hall–Kier alpha value is -2.60. The van der Waals surface area contributed by atoms with Gasteiger partial charge < -0.3 is 10.6 Å². The van der Waals surface area contributed by atoms with E-state index in [-0.39, 0.29) is 32.5 Å². The Morgan fingerprint density at radius 2 is 1.32 bits per heavy atom. The number of hydrogen-bond acceptors (Lipinski definition) is 2. The molecule has 0 spiro atoms. The average molecular weight is 438 g/mol. The maximum atomic E-state index is 13.8. The third kappa shape index (κ3) is 4.62. The lowest BCUT2D eigenvalue weighted by atomic mass is 10.1. The highest BCUT2D eigenvalue weighted by Gasteiger charge is 2.18. The van der Waals surface area contributed by atoms with Gasteiger partial charge in [0.15, 0.2) is 0 Å². The van der Waals surface area contributed by atoms with Crippen LogP contribution in [0.15, 0.2) is 60.7 Å². The molecule has 0 unspecified atom stereocenters. The van der Waals surface area contributed by atoms with Crippen molar-refractivity contribution in [3.8, 4) is 0 Å². The van der Waals surface area contributed by atoms with Gasteiger partial charge in [-0.2, -0.15) is 0 Å². The second kappa shape index (κ2) is 8.61. The molecule has 3 rings (SSSR count). The van der Waals surface area contributed by atoms with Crippen molar-refractivity contribution in [3.05, 3.63) is 92.7 Å². The van der Waals surface area contributed by atoms with Gasteiger partial charge in [-0.25, -0.2) is 4.39 Å². The van der Waals surface area contributed by atoms with E-state index in [1.807, 2.05) is 0 Å². The molecule has 0 saturated carbocycles. The van der Waals surface area contributed by atoms with Crippen LogP contribution in [-0.2, 0) is 0 Å². The number of carbonyl (C=O) groups excluding carboxylic acids is 2. The number of anilines is 2. The van der Waals surface area contributed by atoms with E-state index in [4.69, 9.17) is 34.8 Å². The van der Waals surface area contributed by atoms with Gasteiger partial charge in [0.05, 0.1) is 27.5 Å². The molecule has 3 aromatic carbocycles. The molecule has 0 aliphatic rings. The van der Waals surface area contributed by atoms with E-state index in [0.717, 1.165) is 0 Å². The molecular formula is C20H12Cl3FN2O2. The first-order chi connectivity index (χ1) is 13.3. The number of amides is 2. The zero-order valence-corrected chi connectivity index (χ0v) is 16.4. The van der Waals surface area contributed by atoms with E-state index in [1.54, 1.807) is 6.07 Å². The van der Waals surface area contributed by atoms with Gasteiger partial charge in [0.1, 0.15) is 5.82 Å². The Kier molecular flexibility index (Phi) is 6.19. The molecule has 0 fully saturated rings. The average Bonchev–Trinajstić information content (AvgIpc) is 2.64. The van der Waals surface area contributed by atoms with E-state index in [2.05, 4.69) is 10.6 Å². The molecule has 0 aromatic heterocycles. The molecule has 0 aliphatic heterocycles. The minimum Gasteiger partial charge on any atom is -0.321 e. The summed E-state index contributed by atoms with van der Waals surface area (Å²) in [6, 6.07) is 14.5. The van der Waals surface area contributed by atoms with Crippen molar-refractivity contribution < 1.29 is 14.0 Å². The van der Waals surface area contributed by atoms with Gasteiger partial charge in [-0.1, -0.05) is 46.9 Å². The van der Waals surface area contributed by atoms with Crippen molar-refractivity contribution in [2.24, 2.45) is 0 Å². The van der Waals surface area contributed by atoms with E-state index < -0.39 is 17.6 Å². The summed E-state index contributed by atoms with van der Waals surface area (Å²) in [7, 11) is 0. The molecule has 3 aromatic rings. The maximum absolute atomic E-state index is 13.8. The first-order valence-corrected chi connectivity index (χ1v) is 9.10. The number of halogens is 4. The van der Waals surface area contributed by atoms with Gasteiger partial charge in [0.25, 0.3) is 11.8 Å². The van der Waals surface area contributed by atoms with Crippen LogP contribution in [0.5, 0.6) is 0 Å². The number of para-hydroxylation sites is 1. The number of hydrogen-bond donors (Lipinski definition) is 2. The minimum atomic E-state index is -0.634. The summed E-state index contributed by atoms with van der Waals surface area (Å²) >= 11 is 17.9. The fourth-order valence-electron chi connectivity index (χ4n) is 2.43. The fourth-order valence-corrected chi connectivity index (χ4v) is 3.10. The number of benzene rings is 3. The molecule has 0 heterocycles. The Bertz CT molecular complexity index is 1070. The van der Waals surface area contributed by atoms with Crippen molar-refractivity contribution >= 4 is 58.0 Å². The Morgan fingerprint density at radius 1 is 0.714 bits per heavy atom. The van der Waals surface area contributed by atoms with E-state index in [0.29, 0.717) is 5.02 Å². The first kappa shape index (κ1) is 20.1. The first-order valence-electron chi connectivity index (χ1n) is 7.97. The van der Waals surface area contributed by atoms with Gasteiger partial charge in [-0.15, -0.1) is 0 Å². The van der Waals surface area contributed by atoms with E-state index >= 15 is 0 Å². The highest BCUT2D eigenvalue weighted by Crippen LogP contribution is 2.26. The molecule has 28 heavy (non-hydrogen) atoms. The zero-order valence-electron chi connectivity index (χ0n) is 14.1. The topological polar surface area (TPSA) is 58.2 Å². The second-order valence-electron chi connectivity index (χ2n) is 5.70. The van der Waals surface area contributed by atoms with Crippen molar-refractivity contribution in [1.82, 2.24) is 0 Å². The van der Waals surface area contributed by atoms with Crippen LogP contribution in [-0.4, -0.2) is 11.8 Å². The number of carbonyl (C=O) groups is 2. The van der Waals surface area contributed by atoms with Gasteiger partial charge >= 0.3 is 0 Å². The molecule has 0 bridgehead atoms. The molecule has 8 heteroatoms. The maximum Gasteiger partial charge on any atom is 0.257 e. The van der Waals surface area contributed by atoms with Crippen LogP contribution in [0.4, 0.5) is 15.8 Å². The molecular weight excluding hydrogens is 426 g/mol. The van der Waals surface area contributed by atoms with E-state index in [9.17, 15) is 14.0 Å².